The number of nitrogens with zero attached hydrogens (tertiary/aromatic N) is 1. The number of hydrogen-bond acceptors (Lipinski definition) is 2. The largest absolute Gasteiger partial charge is 0.469 e. The smallest absolute Gasteiger partial charge is 0.315 e. The van der Waals surface area contributed by atoms with Crippen LogP contribution in [0.3, 0.4) is 0 Å². The van der Waals surface area contributed by atoms with Crippen LogP contribution in [0.25, 0.3) is 0 Å². The molecule has 4 rings (SSSR count). The third-order valence-corrected chi connectivity index (χ3v) is 7.20. The number of methoxy groups -OCH3 is 1. The summed E-state index contributed by atoms with van der Waals surface area (Å²) in [5.74, 6) is 0.397. The van der Waals surface area contributed by atoms with E-state index >= 15 is 0 Å². The molecule has 0 saturated carbocycles. The second kappa shape index (κ2) is 5.48. The average Bonchev–Trinajstić information content (AvgIpc) is 2.76. The number of benzene rings is 1. The molecule has 0 radical (unpaired) electrons. The minimum absolute atomic E-state index is 0.0123. The van der Waals surface area contributed by atoms with Gasteiger partial charge in [0.1, 0.15) is 12.0 Å². The highest BCUT2D eigenvalue weighted by Gasteiger charge is 2.63. The van der Waals surface area contributed by atoms with Gasteiger partial charge >= 0.3 is 5.97 Å². The number of esters is 1. The summed E-state index contributed by atoms with van der Waals surface area (Å²) in [5.41, 5.74) is 1.33. The molecule has 1 spiro atoms. The Morgan fingerprint density at radius 3 is 2.55 bits per heavy atom. The second-order valence-electron chi connectivity index (χ2n) is 7.14. The van der Waals surface area contributed by atoms with Gasteiger partial charge in [0.15, 0.2) is 0 Å². The van der Waals surface area contributed by atoms with Crippen molar-refractivity contribution in [3.8, 4) is 0 Å². The molecular formula is C18H23INO2+. The molecule has 4 atom stereocenters. The van der Waals surface area contributed by atoms with Crippen LogP contribution >= 0.6 is 22.6 Å². The number of ether oxygens (including phenoxy) is 1. The molecule has 3 heterocycles. The summed E-state index contributed by atoms with van der Waals surface area (Å²) in [7, 11) is 1.55. The number of hydrogen-bond donors (Lipinski definition) is 0. The average molecular weight is 412 g/mol. The summed E-state index contributed by atoms with van der Waals surface area (Å²) in [6, 6.07) is 10.0. The van der Waals surface area contributed by atoms with Crippen LogP contribution in [-0.4, -0.2) is 42.7 Å². The molecule has 3 fully saturated rings. The van der Waals surface area contributed by atoms with Crippen molar-refractivity contribution in [1.29, 1.82) is 0 Å². The summed E-state index contributed by atoms with van der Waals surface area (Å²) in [6.07, 6.45) is 4.97. The van der Waals surface area contributed by atoms with Gasteiger partial charge < -0.3 is 9.22 Å². The van der Waals surface area contributed by atoms with Gasteiger partial charge in [-0.3, -0.25) is 4.79 Å². The summed E-state index contributed by atoms with van der Waals surface area (Å²) in [4.78, 5) is 12.6. The van der Waals surface area contributed by atoms with Gasteiger partial charge in [0.2, 0.25) is 0 Å². The van der Waals surface area contributed by atoms with Crippen molar-refractivity contribution in [3.05, 3.63) is 33.4 Å². The van der Waals surface area contributed by atoms with E-state index in [9.17, 15) is 4.79 Å². The summed E-state index contributed by atoms with van der Waals surface area (Å²) in [5, 5.41) is 0. The fourth-order valence-corrected chi connectivity index (χ4v) is 5.77. The van der Waals surface area contributed by atoms with E-state index in [-0.39, 0.29) is 11.9 Å². The second-order valence-corrected chi connectivity index (χ2v) is 8.39. The van der Waals surface area contributed by atoms with Gasteiger partial charge in [0, 0.05) is 35.2 Å². The Kier molecular flexibility index (Phi) is 3.72. The summed E-state index contributed by atoms with van der Waals surface area (Å²) < 4.78 is 7.70. The highest BCUT2D eigenvalue weighted by atomic mass is 127. The summed E-state index contributed by atoms with van der Waals surface area (Å²) in [6.45, 7) is 2.56. The van der Waals surface area contributed by atoms with Gasteiger partial charge in [-0.15, -0.1) is 0 Å². The molecule has 3 nitrogen and oxygen atoms in total. The lowest BCUT2D eigenvalue weighted by Crippen LogP contribution is -2.70. The first-order chi connectivity index (χ1) is 10.7. The van der Waals surface area contributed by atoms with Gasteiger partial charge in [0.25, 0.3) is 0 Å². The molecule has 0 aliphatic carbocycles. The predicted octanol–water partition coefficient (Wildman–Crippen LogP) is 3.32. The molecule has 1 aromatic carbocycles. The van der Waals surface area contributed by atoms with Crippen molar-refractivity contribution in [2.45, 2.75) is 43.7 Å². The van der Waals surface area contributed by atoms with E-state index in [1.54, 1.807) is 7.11 Å². The van der Waals surface area contributed by atoms with Crippen molar-refractivity contribution < 1.29 is 14.0 Å². The third kappa shape index (κ3) is 2.06. The van der Waals surface area contributed by atoms with Gasteiger partial charge in [-0.1, -0.05) is 12.1 Å². The molecule has 3 saturated heterocycles. The van der Waals surface area contributed by atoms with Crippen molar-refractivity contribution >= 4 is 28.6 Å². The Bertz CT molecular complexity index is 581. The maximum atomic E-state index is 12.6. The van der Waals surface area contributed by atoms with E-state index in [2.05, 4.69) is 46.9 Å². The molecule has 118 valence electrons. The fraction of sp³-hybridized carbons (Fsp3) is 0.611. The number of piperidine rings is 1. The molecule has 0 N–H and O–H groups in total. The maximum absolute atomic E-state index is 12.6. The highest BCUT2D eigenvalue weighted by Crippen LogP contribution is 2.54. The minimum atomic E-state index is 0.0123. The Morgan fingerprint density at radius 2 is 1.95 bits per heavy atom. The van der Waals surface area contributed by atoms with Gasteiger partial charge in [-0.2, -0.15) is 0 Å². The van der Waals surface area contributed by atoms with Crippen LogP contribution in [0.2, 0.25) is 0 Å². The highest BCUT2D eigenvalue weighted by molar-refractivity contribution is 14.1. The fourth-order valence-electron chi connectivity index (χ4n) is 5.41. The molecule has 3 aliphatic heterocycles. The predicted molar refractivity (Wildman–Crippen MR) is 93.4 cm³/mol. The van der Waals surface area contributed by atoms with Crippen LogP contribution in [0, 0.1) is 9.49 Å². The van der Waals surface area contributed by atoms with Crippen molar-refractivity contribution in [2.24, 2.45) is 5.92 Å². The Morgan fingerprint density at radius 1 is 1.23 bits per heavy atom. The van der Waals surface area contributed by atoms with Crippen LogP contribution in [0.15, 0.2) is 24.3 Å². The van der Waals surface area contributed by atoms with Crippen molar-refractivity contribution in [2.75, 3.05) is 20.2 Å². The minimum Gasteiger partial charge on any atom is -0.469 e. The van der Waals surface area contributed by atoms with E-state index in [1.165, 1.54) is 46.0 Å². The van der Waals surface area contributed by atoms with Crippen LogP contribution < -0.4 is 0 Å². The van der Waals surface area contributed by atoms with E-state index < -0.39 is 0 Å². The van der Waals surface area contributed by atoms with Gasteiger partial charge in [-0.05, 0) is 40.3 Å². The SMILES string of the molecule is COC(=O)[C@H]1[C@@H](c2ccc(I)cc2)C[C@@H]2CC[C@H]1[N+]21CCC1. The van der Waals surface area contributed by atoms with E-state index in [0.717, 1.165) is 12.5 Å². The van der Waals surface area contributed by atoms with E-state index in [0.29, 0.717) is 12.0 Å². The normalized spacial score (nSPS) is 35.2. The Labute approximate surface area is 145 Å². The lowest BCUT2D eigenvalue weighted by molar-refractivity contribution is -1.00. The lowest BCUT2D eigenvalue weighted by Gasteiger charge is -2.57. The molecule has 1 aromatic rings. The third-order valence-electron chi connectivity index (χ3n) is 6.48. The lowest BCUT2D eigenvalue weighted by atomic mass is 9.73. The molecule has 0 unspecified atom stereocenters. The van der Waals surface area contributed by atoms with Crippen LogP contribution in [0.5, 0.6) is 0 Å². The van der Waals surface area contributed by atoms with Crippen molar-refractivity contribution in [1.82, 2.24) is 0 Å². The van der Waals surface area contributed by atoms with Crippen LogP contribution in [0.1, 0.15) is 37.2 Å². The van der Waals surface area contributed by atoms with E-state index in [4.69, 9.17) is 4.74 Å². The topological polar surface area (TPSA) is 26.3 Å². The standard InChI is InChI=1S/C18H23INO2/c1-22-18(21)17-15(12-3-5-13(19)6-4-12)11-14-7-8-16(17)20(14)9-2-10-20/h3-6,14-17H,2,7-11H2,1H3/q+1/t14-,15+,16+,17-/m0/s1. The zero-order valence-corrected chi connectivity index (χ0v) is 15.2. The zero-order valence-electron chi connectivity index (χ0n) is 13.0. The monoisotopic (exact) mass is 412 g/mol. The van der Waals surface area contributed by atoms with Crippen LogP contribution in [0.4, 0.5) is 0 Å². The maximum Gasteiger partial charge on any atom is 0.315 e. The molecule has 0 aromatic heterocycles. The Balaban J connectivity index is 1.72. The van der Waals surface area contributed by atoms with Gasteiger partial charge in [0.05, 0.1) is 26.2 Å². The number of carbonyl (C=O) groups excluding carboxylic acids is 1. The zero-order chi connectivity index (χ0) is 15.3. The Hall–Kier alpha value is -0.620. The molecule has 0 amide bonds. The first kappa shape index (κ1) is 14.9. The molecule has 3 aliphatic rings. The number of rotatable bonds is 2. The molecule has 22 heavy (non-hydrogen) atoms. The number of carbonyl (C=O) groups is 1. The van der Waals surface area contributed by atoms with Crippen molar-refractivity contribution in [3.63, 3.8) is 0 Å². The molecule has 2 bridgehead atoms. The molecular weight excluding hydrogens is 389 g/mol. The summed E-state index contributed by atoms with van der Waals surface area (Å²) >= 11 is 2.34. The van der Waals surface area contributed by atoms with Crippen LogP contribution in [-0.2, 0) is 9.53 Å². The first-order valence-corrected chi connectivity index (χ1v) is 9.43. The molecule has 4 heteroatoms. The first-order valence-electron chi connectivity index (χ1n) is 8.35. The number of quaternary nitrogens is 1. The van der Waals surface area contributed by atoms with Gasteiger partial charge in [-0.25, -0.2) is 0 Å². The quantitative estimate of drug-likeness (QED) is 0.423. The van der Waals surface area contributed by atoms with E-state index in [1.807, 2.05) is 0 Å². The number of halogens is 1.